The van der Waals surface area contributed by atoms with Gasteiger partial charge in [-0.05, 0) is 49.6 Å². The number of hydrogen-bond donors (Lipinski definition) is 1. The molecule has 1 amide bonds. The molecule has 2 rings (SSSR count). The summed E-state index contributed by atoms with van der Waals surface area (Å²) in [6.07, 6.45) is 1.90. The van der Waals surface area contributed by atoms with Crippen LogP contribution in [0.2, 0.25) is 0 Å². The Labute approximate surface area is 143 Å². The summed E-state index contributed by atoms with van der Waals surface area (Å²) in [6, 6.07) is 12.2. The minimum Gasteiger partial charge on any atom is -0.345 e. The molecule has 0 saturated carbocycles. The summed E-state index contributed by atoms with van der Waals surface area (Å²) in [5, 5.41) is 3.03. The Morgan fingerprint density at radius 2 is 1.71 bits per heavy atom. The average Bonchev–Trinajstić information content (AvgIpc) is 2.51. The molecule has 0 aliphatic rings. The molecule has 0 bridgehead atoms. The maximum Gasteiger partial charge on any atom is 0.252 e. The van der Waals surface area contributed by atoms with Gasteiger partial charge >= 0.3 is 0 Å². The van der Waals surface area contributed by atoms with Crippen LogP contribution in [0.25, 0.3) is 0 Å². The van der Waals surface area contributed by atoms with E-state index < -0.39 is 9.84 Å². The van der Waals surface area contributed by atoms with E-state index in [0.29, 0.717) is 5.56 Å². The lowest BCUT2D eigenvalue weighted by atomic mass is 10.0. The Hall–Kier alpha value is -2.14. The molecule has 4 nitrogen and oxygen atoms in total. The molecule has 128 valence electrons. The predicted octanol–water partition coefficient (Wildman–Crippen LogP) is 3.59. The molecule has 0 aliphatic carbocycles. The van der Waals surface area contributed by atoms with E-state index in [1.54, 1.807) is 24.3 Å². The van der Waals surface area contributed by atoms with Crippen molar-refractivity contribution in [1.29, 1.82) is 0 Å². The molecular weight excluding hydrogens is 322 g/mol. The molecule has 1 atom stereocenters. The van der Waals surface area contributed by atoms with Crippen molar-refractivity contribution in [3.63, 3.8) is 0 Å². The van der Waals surface area contributed by atoms with Gasteiger partial charge in [-0.3, -0.25) is 4.79 Å². The van der Waals surface area contributed by atoms with Crippen LogP contribution in [0.5, 0.6) is 0 Å². The van der Waals surface area contributed by atoms with E-state index in [-0.39, 0.29) is 16.8 Å². The van der Waals surface area contributed by atoms with Crippen molar-refractivity contribution in [2.75, 3.05) is 6.26 Å². The van der Waals surface area contributed by atoms with Gasteiger partial charge in [-0.2, -0.15) is 0 Å². The van der Waals surface area contributed by atoms with E-state index in [9.17, 15) is 13.2 Å². The molecule has 0 saturated heterocycles. The number of carbonyl (C=O) groups is 1. The molecule has 2 aromatic rings. The van der Waals surface area contributed by atoms with Gasteiger partial charge in [0.2, 0.25) is 0 Å². The smallest absolute Gasteiger partial charge is 0.252 e. The van der Waals surface area contributed by atoms with Gasteiger partial charge in [0.15, 0.2) is 9.84 Å². The fraction of sp³-hybridized carbons (Fsp3) is 0.316. The van der Waals surface area contributed by atoms with Crippen molar-refractivity contribution >= 4 is 15.7 Å². The summed E-state index contributed by atoms with van der Waals surface area (Å²) in [4.78, 5) is 12.8. The first-order valence-electron chi connectivity index (χ1n) is 7.90. The van der Waals surface area contributed by atoms with Crippen molar-refractivity contribution in [3.8, 4) is 0 Å². The second-order valence-electron chi connectivity index (χ2n) is 6.09. The molecule has 0 aromatic heterocycles. The highest BCUT2D eigenvalue weighted by Gasteiger charge is 2.16. The lowest BCUT2D eigenvalue weighted by Crippen LogP contribution is -2.28. The monoisotopic (exact) mass is 345 g/mol. The number of hydrogen-bond acceptors (Lipinski definition) is 3. The maximum absolute atomic E-state index is 12.5. The van der Waals surface area contributed by atoms with Crippen LogP contribution in [0.1, 0.15) is 46.4 Å². The van der Waals surface area contributed by atoms with Crippen molar-refractivity contribution in [1.82, 2.24) is 5.32 Å². The zero-order valence-corrected chi connectivity index (χ0v) is 15.3. The third-order valence-corrected chi connectivity index (χ3v) is 5.18. The molecule has 5 heteroatoms. The van der Waals surface area contributed by atoms with E-state index >= 15 is 0 Å². The summed E-state index contributed by atoms with van der Waals surface area (Å²) < 4.78 is 23.1. The molecule has 0 spiro atoms. The van der Waals surface area contributed by atoms with Crippen LogP contribution in [0.15, 0.2) is 47.4 Å². The number of carbonyl (C=O) groups excluding carboxylic acids is 1. The van der Waals surface area contributed by atoms with Crippen LogP contribution in [0.4, 0.5) is 0 Å². The number of benzene rings is 2. The van der Waals surface area contributed by atoms with E-state index in [4.69, 9.17) is 0 Å². The Kier molecular flexibility index (Phi) is 5.44. The number of nitrogens with one attached hydrogen (secondary N) is 1. The normalized spacial score (nSPS) is 12.7. The quantitative estimate of drug-likeness (QED) is 0.901. The molecule has 1 N–H and O–H groups in total. The van der Waals surface area contributed by atoms with Gasteiger partial charge in [-0.1, -0.05) is 36.8 Å². The predicted molar refractivity (Wildman–Crippen MR) is 96.0 cm³/mol. The van der Waals surface area contributed by atoms with Crippen LogP contribution in [-0.2, 0) is 9.84 Å². The molecule has 0 fully saturated rings. The summed E-state index contributed by atoms with van der Waals surface area (Å²) in [6.45, 7) is 5.90. The lowest BCUT2D eigenvalue weighted by molar-refractivity contribution is 0.0935. The van der Waals surface area contributed by atoms with Gasteiger partial charge in [-0.15, -0.1) is 0 Å². The topological polar surface area (TPSA) is 63.2 Å². The number of rotatable bonds is 5. The second kappa shape index (κ2) is 7.18. The van der Waals surface area contributed by atoms with Crippen LogP contribution in [-0.4, -0.2) is 20.6 Å². The summed E-state index contributed by atoms with van der Waals surface area (Å²) in [5.41, 5.74) is 3.61. The highest BCUT2D eigenvalue weighted by molar-refractivity contribution is 7.90. The summed E-state index contributed by atoms with van der Waals surface area (Å²) in [7, 11) is -3.22. The SMILES string of the molecule is CC[C@H](NC(=O)c1ccc(C)cc1C)c1ccc(S(C)(=O)=O)cc1. The van der Waals surface area contributed by atoms with E-state index in [1.807, 2.05) is 39.0 Å². The molecular formula is C19H23NO3S. The highest BCUT2D eigenvalue weighted by Crippen LogP contribution is 2.20. The highest BCUT2D eigenvalue weighted by atomic mass is 32.2. The first kappa shape index (κ1) is 18.2. The van der Waals surface area contributed by atoms with Crippen LogP contribution in [0.3, 0.4) is 0 Å². The van der Waals surface area contributed by atoms with Crippen molar-refractivity contribution in [2.24, 2.45) is 0 Å². The van der Waals surface area contributed by atoms with Crippen LogP contribution < -0.4 is 5.32 Å². The van der Waals surface area contributed by atoms with Crippen molar-refractivity contribution in [2.45, 2.75) is 38.1 Å². The van der Waals surface area contributed by atoms with Crippen molar-refractivity contribution < 1.29 is 13.2 Å². The lowest BCUT2D eigenvalue weighted by Gasteiger charge is -2.18. The fourth-order valence-corrected chi connectivity index (χ4v) is 3.30. The molecule has 0 heterocycles. The summed E-state index contributed by atoms with van der Waals surface area (Å²) in [5.74, 6) is -0.119. The third-order valence-electron chi connectivity index (χ3n) is 4.05. The summed E-state index contributed by atoms with van der Waals surface area (Å²) >= 11 is 0. The fourth-order valence-electron chi connectivity index (χ4n) is 2.67. The third kappa shape index (κ3) is 4.23. The second-order valence-corrected chi connectivity index (χ2v) is 8.11. The largest absolute Gasteiger partial charge is 0.345 e. The Balaban J connectivity index is 2.21. The minimum absolute atomic E-state index is 0.119. The molecule has 0 aliphatic heterocycles. The van der Waals surface area contributed by atoms with Crippen LogP contribution in [0, 0.1) is 13.8 Å². The molecule has 0 radical (unpaired) electrons. The van der Waals surface area contributed by atoms with Gasteiger partial charge in [0.25, 0.3) is 5.91 Å². The number of aryl methyl sites for hydroxylation is 2. The maximum atomic E-state index is 12.5. The molecule has 2 aromatic carbocycles. The Morgan fingerprint density at radius 3 is 2.21 bits per heavy atom. The van der Waals surface area contributed by atoms with Gasteiger partial charge in [0.05, 0.1) is 10.9 Å². The zero-order chi connectivity index (χ0) is 17.9. The zero-order valence-electron chi connectivity index (χ0n) is 14.5. The minimum atomic E-state index is -3.22. The number of sulfone groups is 1. The Bertz CT molecular complexity index is 839. The van der Waals surface area contributed by atoms with E-state index in [0.717, 1.165) is 23.1 Å². The van der Waals surface area contributed by atoms with Gasteiger partial charge in [0.1, 0.15) is 0 Å². The van der Waals surface area contributed by atoms with Crippen LogP contribution >= 0.6 is 0 Å². The first-order valence-corrected chi connectivity index (χ1v) is 9.79. The van der Waals surface area contributed by atoms with Gasteiger partial charge in [0, 0.05) is 11.8 Å². The molecule has 0 unspecified atom stereocenters. The van der Waals surface area contributed by atoms with Crippen molar-refractivity contribution in [3.05, 3.63) is 64.7 Å². The Morgan fingerprint density at radius 1 is 1.08 bits per heavy atom. The van der Waals surface area contributed by atoms with Gasteiger partial charge < -0.3 is 5.32 Å². The standard InChI is InChI=1S/C19H23NO3S/c1-5-18(15-7-9-16(10-8-15)24(4,22)23)20-19(21)17-11-6-13(2)12-14(17)3/h6-12,18H,5H2,1-4H3,(H,20,21)/t18-/m0/s1. The van der Waals surface area contributed by atoms with Gasteiger partial charge in [-0.25, -0.2) is 8.42 Å². The number of amides is 1. The average molecular weight is 345 g/mol. The van der Waals surface area contributed by atoms with E-state index in [1.165, 1.54) is 6.26 Å². The first-order chi connectivity index (χ1) is 11.2. The van der Waals surface area contributed by atoms with E-state index in [2.05, 4.69) is 5.32 Å². The molecule has 24 heavy (non-hydrogen) atoms.